The molecule has 0 atom stereocenters. The molecule has 7 rings (SSSR count). The molecule has 1 N–H and O–H groups in total. The Hall–Kier alpha value is -3.84. The molecule has 0 aliphatic heterocycles. The van der Waals surface area contributed by atoms with Crippen LogP contribution in [0.2, 0.25) is 0 Å². The molecular weight excluding hydrogens is 494 g/mol. The van der Waals surface area contributed by atoms with Crippen molar-refractivity contribution in [1.82, 2.24) is 0 Å². The Balaban J connectivity index is 1.38. The van der Waals surface area contributed by atoms with Crippen molar-refractivity contribution >= 4 is 16.5 Å². The molecule has 0 unspecified atom stereocenters. The maximum atomic E-state index is 3.95. The summed E-state index contributed by atoms with van der Waals surface area (Å²) in [5, 5.41) is 6.63. The molecule has 0 aromatic heterocycles. The highest BCUT2D eigenvalue weighted by Crippen LogP contribution is 2.57. The lowest BCUT2D eigenvalue weighted by atomic mass is 9.77. The van der Waals surface area contributed by atoms with Crippen molar-refractivity contribution in [2.24, 2.45) is 0 Å². The molecule has 1 heteroatoms. The van der Waals surface area contributed by atoms with Gasteiger partial charge in [-0.05, 0) is 105 Å². The molecule has 0 bridgehead atoms. The third-order valence-electron chi connectivity index (χ3n) is 10.6. The first-order valence-electron chi connectivity index (χ1n) is 15.3. The van der Waals surface area contributed by atoms with E-state index < -0.39 is 0 Å². The molecule has 2 aliphatic rings. The van der Waals surface area contributed by atoms with Crippen LogP contribution in [-0.4, -0.2) is 0 Å². The summed E-state index contributed by atoms with van der Waals surface area (Å²) in [4.78, 5) is 0. The van der Waals surface area contributed by atoms with Gasteiger partial charge in [0.2, 0.25) is 0 Å². The SMILES string of the molecule is CCC(CC)(Nc1ccc(C)cc1)c1ccc2c(c1)C(C)(C)c1cc3c(cc1-2)C(C)(C)c1ccc2ccccc2c1-3. The van der Waals surface area contributed by atoms with Gasteiger partial charge in [0.1, 0.15) is 0 Å². The quantitative estimate of drug-likeness (QED) is 0.236. The van der Waals surface area contributed by atoms with E-state index >= 15 is 0 Å². The van der Waals surface area contributed by atoms with E-state index in [0.717, 1.165) is 12.8 Å². The van der Waals surface area contributed by atoms with Crippen LogP contribution in [0.15, 0.2) is 91.0 Å². The smallest absolute Gasteiger partial charge is 0.0620 e. The molecule has 0 saturated carbocycles. The molecule has 0 spiro atoms. The van der Waals surface area contributed by atoms with Crippen LogP contribution in [0, 0.1) is 6.92 Å². The summed E-state index contributed by atoms with van der Waals surface area (Å²) in [5.41, 5.74) is 15.1. The Bertz CT molecular complexity index is 1830. The predicted octanol–water partition coefficient (Wildman–Crippen LogP) is 10.9. The molecular formula is C40H41N. The van der Waals surface area contributed by atoms with Crippen LogP contribution >= 0.6 is 0 Å². The maximum absolute atomic E-state index is 3.95. The van der Waals surface area contributed by atoms with Gasteiger partial charge in [0, 0.05) is 16.5 Å². The van der Waals surface area contributed by atoms with Crippen LogP contribution in [0.1, 0.15) is 87.8 Å². The predicted molar refractivity (Wildman–Crippen MR) is 176 cm³/mol. The first kappa shape index (κ1) is 26.1. The van der Waals surface area contributed by atoms with Gasteiger partial charge in [0.15, 0.2) is 0 Å². The van der Waals surface area contributed by atoms with Crippen molar-refractivity contribution in [3.8, 4) is 22.3 Å². The summed E-state index contributed by atoms with van der Waals surface area (Å²) in [7, 11) is 0. The van der Waals surface area contributed by atoms with Crippen LogP contribution in [0.4, 0.5) is 5.69 Å². The molecule has 0 radical (unpaired) electrons. The molecule has 0 heterocycles. The number of nitrogens with one attached hydrogen (secondary N) is 1. The zero-order valence-electron chi connectivity index (χ0n) is 25.6. The van der Waals surface area contributed by atoms with Crippen molar-refractivity contribution in [2.75, 3.05) is 5.32 Å². The minimum absolute atomic E-state index is 0.0336. The number of hydrogen-bond acceptors (Lipinski definition) is 1. The number of hydrogen-bond donors (Lipinski definition) is 1. The molecule has 2 aliphatic carbocycles. The first-order chi connectivity index (χ1) is 19.6. The minimum Gasteiger partial charge on any atom is -0.376 e. The zero-order chi connectivity index (χ0) is 28.7. The molecule has 0 fully saturated rings. The fourth-order valence-corrected chi connectivity index (χ4v) is 7.85. The first-order valence-corrected chi connectivity index (χ1v) is 15.3. The third kappa shape index (κ3) is 3.61. The van der Waals surface area contributed by atoms with Crippen LogP contribution in [0.25, 0.3) is 33.0 Å². The van der Waals surface area contributed by atoms with E-state index in [4.69, 9.17) is 0 Å². The van der Waals surface area contributed by atoms with Gasteiger partial charge in [-0.15, -0.1) is 0 Å². The van der Waals surface area contributed by atoms with Crippen LogP contribution < -0.4 is 5.32 Å². The Morgan fingerprint density at radius 1 is 0.610 bits per heavy atom. The van der Waals surface area contributed by atoms with Gasteiger partial charge >= 0.3 is 0 Å². The van der Waals surface area contributed by atoms with Crippen LogP contribution in [0.3, 0.4) is 0 Å². The molecule has 41 heavy (non-hydrogen) atoms. The second kappa shape index (κ2) is 8.83. The number of anilines is 1. The van der Waals surface area contributed by atoms with Gasteiger partial charge in [-0.1, -0.05) is 114 Å². The van der Waals surface area contributed by atoms with Gasteiger partial charge in [-0.3, -0.25) is 0 Å². The third-order valence-corrected chi connectivity index (χ3v) is 10.6. The maximum Gasteiger partial charge on any atom is 0.0620 e. The second-order valence-corrected chi connectivity index (χ2v) is 13.4. The summed E-state index contributed by atoms with van der Waals surface area (Å²) < 4.78 is 0. The number of rotatable bonds is 5. The normalized spacial score (nSPS) is 15.8. The molecule has 5 aromatic carbocycles. The van der Waals surface area contributed by atoms with E-state index in [-0.39, 0.29) is 16.4 Å². The van der Waals surface area contributed by atoms with Crippen molar-refractivity contribution in [3.63, 3.8) is 0 Å². The molecule has 5 aromatic rings. The van der Waals surface area contributed by atoms with Crippen molar-refractivity contribution < 1.29 is 0 Å². The van der Waals surface area contributed by atoms with Gasteiger partial charge in [0.05, 0.1) is 5.54 Å². The highest BCUT2D eigenvalue weighted by atomic mass is 15.0. The summed E-state index contributed by atoms with van der Waals surface area (Å²) in [5.74, 6) is 0. The standard InChI is InChI=1S/C40H41N/c1-8-40(9-2,41-28-18-14-25(3)15-19-28)27-17-20-30-31-23-36-32(24-35(31)39(6,7)34(30)22-27)37-29-13-11-10-12-26(29)16-21-33(37)38(36,4)5/h10-24,41H,8-9H2,1-7H3. The van der Waals surface area contributed by atoms with Crippen molar-refractivity contribution in [3.05, 3.63) is 124 Å². The Kier molecular flexibility index (Phi) is 5.62. The van der Waals surface area contributed by atoms with E-state index in [9.17, 15) is 0 Å². The number of fused-ring (bicyclic) bond motifs is 8. The summed E-state index contributed by atoms with van der Waals surface area (Å²) in [6.07, 6.45) is 2.05. The monoisotopic (exact) mass is 535 g/mol. The second-order valence-electron chi connectivity index (χ2n) is 13.4. The zero-order valence-corrected chi connectivity index (χ0v) is 25.6. The van der Waals surface area contributed by atoms with Gasteiger partial charge in [-0.2, -0.15) is 0 Å². The topological polar surface area (TPSA) is 12.0 Å². The highest BCUT2D eigenvalue weighted by Gasteiger charge is 2.43. The molecule has 206 valence electrons. The lowest BCUT2D eigenvalue weighted by Gasteiger charge is -2.36. The van der Waals surface area contributed by atoms with Gasteiger partial charge in [-0.25, -0.2) is 0 Å². The minimum atomic E-state index is -0.114. The van der Waals surface area contributed by atoms with E-state index in [2.05, 4.69) is 145 Å². The number of benzene rings is 5. The van der Waals surface area contributed by atoms with Gasteiger partial charge < -0.3 is 5.32 Å². The van der Waals surface area contributed by atoms with Crippen LogP contribution in [0.5, 0.6) is 0 Å². The van der Waals surface area contributed by atoms with Gasteiger partial charge in [0.25, 0.3) is 0 Å². The lowest BCUT2D eigenvalue weighted by molar-refractivity contribution is 0.453. The van der Waals surface area contributed by atoms with E-state index in [0.29, 0.717) is 0 Å². The fourth-order valence-electron chi connectivity index (χ4n) is 7.85. The molecule has 0 saturated heterocycles. The Morgan fingerprint density at radius 3 is 1.98 bits per heavy atom. The lowest BCUT2D eigenvalue weighted by Crippen LogP contribution is -2.34. The summed E-state index contributed by atoms with van der Waals surface area (Å²) in [6, 6.07) is 34.8. The summed E-state index contributed by atoms with van der Waals surface area (Å²) in [6.45, 7) is 16.4. The van der Waals surface area contributed by atoms with Crippen molar-refractivity contribution in [1.29, 1.82) is 0 Å². The van der Waals surface area contributed by atoms with Crippen LogP contribution in [-0.2, 0) is 16.4 Å². The van der Waals surface area contributed by atoms with E-state index in [1.54, 1.807) is 0 Å². The average Bonchev–Trinajstić information content (AvgIpc) is 3.35. The largest absolute Gasteiger partial charge is 0.376 e. The van der Waals surface area contributed by atoms with E-state index in [1.807, 2.05) is 0 Å². The van der Waals surface area contributed by atoms with E-state index in [1.165, 1.54) is 72.1 Å². The fraction of sp³-hybridized carbons (Fsp3) is 0.300. The average molecular weight is 536 g/mol. The molecule has 1 nitrogen and oxygen atoms in total. The summed E-state index contributed by atoms with van der Waals surface area (Å²) >= 11 is 0. The molecule has 0 amide bonds. The number of aryl methyl sites for hydroxylation is 1. The Labute approximate surface area is 245 Å². The Morgan fingerprint density at radius 2 is 1.24 bits per heavy atom. The highest BCUT2D eigenvalue weighted by molar-refractivity contribution is 6.03. The van der Waals surface area contributed by atoms with Crippen molar-refractivity contribution in [2.45, 2.75) is 77.7 Å².